The molecule has 1 fully saturated rings. The molecule has 20 heavy (non-hydrogen) atoms. The highest BCUT2D eigenvalue weighted by molar-refractivity contribution is 5.07. The number of alkyl halides is 3. The van der Waals surface area contributed by atoms with E-state index in [0.717, 1.165) is 12.8 Å². The zero-order chi connectivity index (χ0) is 14.2. The van der Waals surface area contributed by atoms with Crippen molar-refractivity contribution in [1.29, 1.82) is 0 Å². The van der Waals surface area contributed by atoms with Crippen LogP contribution in [0.25, 0.3) is 0 Å². The third kappa shape index (κ3) is 2.68. The number of hydrogen-bond donors (Lipinski definition) is 1. The monoisotopic (exact) mass is 288 g/mol. The molecular formula is C13H19F3N4. The molecule has 0 amide bonds. The molecule has 1 saturated carbocycles. The lowest BCUT2D eigenvalue weighted by Gasteiger charge is -2.25. The minimum absolute atomic E-state index is 0.0898. The van der Waals surface area contributed by atoms with Gasteiger partial charge in [-0.3, -0.25) is 0 Å². The van der Waals surface area contributed by atoms with Gasteiger partial charge in [-0.15, -0.1) is 10.2 Å². The Kier molecular flexibility index (Phi) is 3.70. The third-order valence-corrected chi connectivity index (χ3v) is 4.34. The van der Waals surface area contributed by atoms with Crippen molar-refractivity contribution < 1.29 is 13.2 Å². The number of nitrogens with zero attached hydrogens (tertiary/aromatic N) is 3. The molecule has 1 aromatic heterocycles. The number of hydrogen-bond acceptors (Lipinski definition) is 3. The molecule has 1 aliphatic carbocycles. The van der Waals surface area contributed by atoms with Crippen LogP contribution in [0.1, 0.15) is 56.1 Å². The molecule has 0 spiro atoms. The lowest BCUT2D eigenvalue weighted by molar-refractivity contribution is -0.156. The molecule has 1 aliphatic heterocycles. The Bertz CT molecular complexity index is 463. The van der Waals surface area contributed by atoms with Gasteiger partial charge in [-0.25, -0.2) is 0 Å². The summed E-state index contributed by atoms with van der Waals surface area (Å²) in [5.41, 5.74) is 0. The number of halogens is 3. The summed E-state index contributed by atoms with van der Waals surface area (Å²) in [5, 5.41) is 11.2. The fraction of sp³-hybridized carbons (Fsp3) is 0.846. The standard InChI is InChI=1S/C13H19F3N4/c14-13(15,16)10-6-3-7-20-11(18-19-12(10)20)8-17-9-4-1-2-5-9/h9-10,17H,1-8H2/t10-/m0/s1. The lowest BCUT2D eigenvalue weighted by atomic mass is 9.98. The quantitative estimate of drug-likeness (QED) is 0.930. The molecule has 0 radical (unpaired) electrons. The molecule has 7 heteroatoms. The van der Waals surface area contributed by atoms with Gasteiger partial charge in [-0.05, 0) is 25.7 Å². The summed E-state index contributed by atoms with van der Waals surface area (Å²) >= 11 is 0. The van der Waals surface area contributed by atoms with E-state index in [4.69, 9.17) is 0 Å². The van der Waals surface area contributed by atoms with Gasteiger partial charge in [0.1, 0.15) is 17.6 Å². The average Bonchev–Trinajstić information content (AvgIpc) is 3.04. The Morgan fingerprint density at radius 1 is 1.10 bits per heavy atom. The Labute approximate surface area is 115 Å². The molecule has 0 aromatic carbocycles. The minimum Gasteiger partial charge on any atom is -0.313 e. The van der Waals surface area contributed by atoms with E-state index in [9.17, 15) is 13.2 Å². The van der Waals surface area contributed by atoms with Gasteiger partial charge in [-0.1, -0.05) is 12.8 Å². The van der Waals surface area contributed by atoms with Crippen LogP contribution in [0.4, 0.5) is 13.2 Å². The predicted molar refractivity (Wildman–Crippen MR) is 67.1 cm³/mol. The second-order valence-electron chi connectivity index (χ2n) is 5.72. The maximum Gasteiger partial charge on any atom is 0.398 e. The van der Waals surface area contributed by atoms with Crippen molar-refractivity contribution in [3.8, 4) is 0 Å². The van der Waals surface area contributed by atoms with Crippen LogP contribution in [0, 0.1) is 0 Å². The third-order valence-electron chi connectivity index (χ3n) is 4.34. The van der Waals surface area contributed by atoms with E-state index in [-0.39, 0.29) is 12.2 Å². The van der Waals surface area contributed by atoms with Gasteiger partial charge in [0.15, 0.2) is 0 Å². The van der Waals surface area contributed by atoms with Crippen molar-refractivity contribution in [3.05, 3.63) is 11.6 Å². The summed E-state index contributed by atoms with van der Waals surface area (Å²) in [6, 6.07) is 0.477. The van der Waals surface area contributed by atoms with E-state index in [0.29, 0.717) is 31.4 Å². The first kappa shape index (κ1) is 13.9. The average molecular weight is 288 g/mol. The normalized spacial score (nSPS) is 24.1. The maximum absolute atomic E-state index is 13.0. The van der Waals surface area contributed by atoms with Gasteiger partial charge < -0.3 is 9.88 Å². The van der Waals surface area contributed by atoms with Crippen molar-refractivity contribution in [2.24, 2.45) is 0 Å². The topological polar surface area (TPSA) is 42.7 Å². The molecule has 1 atom stereocenters. The largest absolute Gasteiger partial charge is 0.398 e. The van der Waals surface area contributed by atoms with Crippen molar-refractivity contribution >= 4 is 0 Å². The number of nitrogens with one attached hydrogen (secondary N) is 1. The molecule has 1 aromatic rings. The molecule has 3 rings (SSSR count). The summed E-state index contributed by atoms with van der Waals surface area (Å²) < 4.78 is 40.5. The molecule has 2 heterocycles. The van der Waals surface area contributed by atoms with Gasteiger partial charge in [-0.2, -0.15) is 13.2 Å². The highest BCUT2D eigenvalue weighted by Gasteiger charge is 2.45. The molecule has 4 nitrogen and oxygen atoms in total. The van der Waals surface area contributed by atoms with Crippen molar-refractivity contribution in [2.45, 2.75) is 69.8 Å². The van der Waals surface area contributed by atoms with Gasteiger partial charge >= 0.3 is 6.18 Å². The fourth-order valence-electron chi connectivity index (χ4n) is 3.24. The summed E-state index contributed by atoms with van der Waals surface area (Å²) in [4.78, 5) is 0. The molecule has 0 unspecified atom stereocenters. The molecule has 0 saturated heterocycles. The Morgan fingerprint density at radius 3 is 2.55 bits per heavy atom. The van der Waals surface area contributed by atoms with E-state index >= 15 is 0 Å². The van der Waals surface area contributed by atoms with E-state index in [1.165, 1.54) is 12.8 Å². The molecule has 1 N–H and O–H groups in total. The first-order valence-electron chi connectivity index (χ1n) is 7.28. The second kappa shape index (κ2) is 5.35. The Hall–Kier alpha value is -1.11. The smallest absolute Gasteiger partial charge is 0.313 e. The summed E-state index contributed by atoms with van der Waals surface area (Å²) in [6.07, 6.45) is 1.18. The van der Waals surface area contributed by atoms with Gasteiger partial charge in [0.2, 0.25) is 0 Å². The van der Waals surface area contributed by atoms with Crippen LogP contribution in [0.3, 0.4) is 0 Å². The van der Waals surface area contributed by atoms with E-state index in [1.807, 2.05) is 0 Å². The zero-order valence-corrected chi connectivity index (χ0v) is 11.3. The molecule has 0 bridgehead atoms. The number of aromatic nitrogens is 3. The van der Waals surface area contributed by atoms with Crippen LogP contribution in [-0.2, 0) is 13.1 Å². The van der Waals surface area contributed by atoms with Crippen LogP contribution in [0.5, 0.6) is 0 Å². The fourth-order valence-corrected chi connectivity index (χ4v) is 3.24. The predicted octanol–water partition coefficient (Wildman–Crippen LogP) is 2.75. The summed E-state index contributed by atoms with van der Waals surface area (Å²) in [5.74, 6) is -0.725. The molecule has 112 valence electrons. The Morgan fingerprint density at radius 2 is 1.85 bits per heavy atom. The van der Waals surface area contributed by atoms with E-state index in [2.05, 4.69) is 15.5 Å². The highest BCUT2D eigenvalue weighted by atomic mass is 19.4. The van der Waals surface area contributed by atoms with Crippen LogP contribution in [0.2, 0.25) is 0 Å². The Balaban J connectivity index is 1.72. The van der Waals surface area contributed by atoms with E-state index in [1.54, 1.807) is 4.57 Å². The first-order chi connectivity index (χ1) is 9.55. The maximum atomic E-state index is 13.0. The lowest BCUT2D eigenvalue weighted by Crippen LogP contribution is -2.30. The minimum atomic E-state index is -4.22. The van der Waals surface area contributed by atoms with Gasteiger partial charge in [0.25, 0.3) is 0 Å². The molecule has 2 aliphatic rings. The van der Waals surface area contributed by atoms with Crippen LogP contribution in [-0.4, -0.2) is 27.0 Å². The second-order valence-corrected chi connectivity index (χ2v) is 5.72. The number of fused-ring (bicyclic) bond motifs is 1. The van der Waals surface area contributed by atoms with Crippen molar-refractivity contribution in [3.63, 3.8) is 0 Å². The van der Waals surface area contributed by atoms with Crippen LogP contribution < -0.4 is 5.32 Å². The first-order valence-corrected chi connectivity index (χ1v) is 7.28. The SMILES string of the molecule is FC(F)(F)[C@H]1CCCn2c(CNC3CCCC3)nnc21. The van der Waals surface area contributed by atoms with Crippen LogP contribution in [0.15, 0.2) is 0 Å². The van der Waals surface area contributed by atoms with Crippen molar-refractivity contribution in [1.82, 2.24) is 20.1 Å². The van der Waals surface area contributed by atoms with Gasteiger partial charge in [0.05, 0.1) is 6.54 Å². The molecular weight excluding hydrogens is 269 g/mol. The van der Waals surface area contributed by atoms with Crippen molar-refractivity contribution in [2.75, 3.05) is 0 Å². The number of rotatable bonds is 3. The summed E-state index contributed by atoms with van der Waals surface area (Å²) in [7, 11) is 0. The van der Waals surface area contributed by atoms with Crippen LogP contribution >= 0.6 is 0 Å². The summed E-state index contributed by atoms with van der Waals surface area (Å²) in [6.45, 7) is 1.11. The van der Waals surface area contributed by atoms with E-state index < -0.39 is 12.1 Å². The van der Waals surface area contributed by atoms with Gasteiger partial charge in [0, 0.05) is 12.6 Å². The highest BCUT2D eigenvalue weighted by Crippen LogP contribution is 2.40. The zero-order valence-electron chi connectivity index (χ0n) is 11.3.